The first-order valence-electron chi connectivity index (χ1n) is 5.35. The van der Waals surface area contributed by atoms with Gasteiger partial charge in [0.15, 0.2) is 0 Å². The summed E-state index contributed by atoms with van der Waals surface area (Å²) in [7, 11) is 0. The Labute approximate surface area is 98.8 Å². The summed E-state index contributed by atoms with van der Waals surface area (Å²) in [4.78, 5) is 4.31. The van der Waals surface area contributed by atoms with Crippen LogP contribution < -0.4 is 10.6 Å². The lowest BCUT2D eigenvalue weighted by Crippen LogP contribution is -2.29. The quantitative estimate of drug-likeness (QED) is 0.885. The summed E-state index contributed by atoms with van der Waals surface area (Å²) in [5, 5.41) is 6.81. The van der Waals surface area contributed by atoms with Crippen molar-refractivity contribution in [2.75, 3.05) is 18.4 Å². The van der Waals surface area contributed by atoms with Crippen LogP contribution in [0.4, 0.5) is 5.82 Å². The van der Waals surface area contributed by atoms with Gasteiger partial charge >= 0.3 is 0 Å². The number of aromatic nitrogens is 1. The molecule has 0 saturated carbocycles. The van der Waals surface area contributed by atoms with E-state index >= 15 is 0 Å². The average molecular weight is 270 g/mol. The Kier molecular flexibility index (Phi) is 3.59. The molecule has 0 bridgehead atoms. The molecule has 4 heteroatoms. The lowest BCUT2D eigenvalue weighted by Gasteiger charge is -2.12. The largest absolute Gasteiger partial charge is 0.369 e. The van der Waals surface area contributed by atoms with E-state index in [0.29, 0.717) is 6.04 Å². The van der Waals surface area contributed by atoms with Crippen LogP contribution in [0.25, 0.3) is 0 Å². The molecule has 1 atom stereocenters. The molecule has 2 rings (SSSR count). The van der Waals surface area contributed by atoms with Gasteiger partial charge < -0.3 is 10.6 Å². The van der Waals surface area contributed by atoms with Crippen LogP contribution >= 0.6 is 15.9 Å². The number of hydrogen-bond donors (Lipinski definition) is 2. The maximum atomic E-state index is 4.31. The number of nitrogens with one attached hydrogen (secondary N) is 2. The van der Waals surface area contributed by atoms with Gasteiger partial charge in [0.2, 0.25) is 0 Å². The molecule has 3 nitrogen and oxygen atoms in total. The van der Waals surface area contributed by atoms with Crippen LogP contribution in [-0.4, -0.2) is 24.1 Å². The summed E-state index contributed by atoms with van der Waals surface area (Å²) in [6.07, 6.45) is 4.40. The standard InChI is InChI=1S/C11H16BrN3/c1-8-5-11(15-7-10(8)12)14-6-9-3-2-4-13-9/h5,7,9,13H,2-4,6H2,1H3,(H,14,15). The minimum atomic E-state index is 0.607. The Bertz CT molecular complexity index is 335. The van der Waals surface area contributed by atoms with E-state index in [4.69, 9.17) is 0 Å². The predicted octanol–water partition coefficient (Wildman–Crippen LogP) is 2.32. The van der Waals surface area contributed by atoms with E-state index in [9.17, 15) is 0 Å². The molecular formula is C11H16BrN3. The summed E-state index contributed by atoms with van der Waals surface area (Å²) >= 11 is 3.44. The lowest BCUT2D eigenvalue weighted by molar-refractivity contribution is 0.632. The zero-order chi connectivity index (χ0) is 10.7. The van der Waals surface area contributed by atoms with Gasteiger partial charge in [-0.05, 0) is 53.9 Å². The van der Waals surface area contributed by atoms with Gasteiger partial charge in [0, 0.05) is 23.3 Å². The Hall–Kier alpha value is -0.610. The second-order valence-corrected chi connectivity index (χ2v) is 4.85. The molecule has 1 aromatic heterocycles. The third-order valence-electron chi connectivity index (χ3n) is 2.74. The van der Waals surface area contributed by atoms with Gasteiger partial charge in [0.05, 0.1) is 0 Å². The fourth-order valence-corrected chi connectivity index (χ4v) is 2.01. The van der Waals surface area contributed by atoms with Crippen LogP contribution in [0.15, 0.2) is 16.7 Å². The molecule has 0 spiro atoms. The van der Waals surface area contributed by atoms with Crippen molar-refractivity contribution in [3.63, 3.8) is 0 Å². The van der Waals surface area contributed by atoms with Gasteiger partial charge in [-0.25, -0.2) is 4.98 Å². The van der Waals surface area contributed by atoms with Crippen LogP contribution in [0.2, 0.25) is 0 Å². The van der Waals surface area contributed by atoms with Gasteiger partial charge in [0.1, 0.15) is 5.82 Å². The molecule has 82 valence electrons. The summed E-state index contributed by atoms with van der Waals surface area (Å²) in [6, 6.07) is 2.68. The van der Waals surface area contributed by atoms with E-state index in [1.807, 2.05) is 6.20 Å². The molecule has 0 aliphatic carbocycles. The monoisotopic (exact) mass is 269 g/mol. The number of aryl methyl sites for hydroxylation is 1. The molecule has 0 amide bonds. The first-order chi connectivity index (χ1) is 7.25. The van der Waals surface area contributed by atoms with Gasteiger partial charge in [0.25, 0.3) is 0 Å². The van der Waals surface area contributed by atoms with Gasteiger partial charge in [-0.2, -0.15) is 0 Å². The number of anilines is 1. The van der Waals surface area contributed by atoms with Crippen molar-refractivity contribution < 1.29 is 0 Å². The fraction of sp³-hybridized carbons (Fsp3) is 0.545. The third-order valence-corrected chi connectivity index (χ3v) is 3.57. The van der Waals surface area contributed by atoms with Gasteiger partial charge in [-0.15, -0.1) is 0 Å². The fourth-order valence-electron chi connectivity index (χ4n) is 1.79. The Morgan fingerprint density at radius 2 is 2.53 bits per heavy atom. The molecule has 2 N–H and O–H groups in total. The summed E-state index contributed by atoms with van der Waals surface area (Å²) in [6.45, 7) is 4.19. The molecule has 1 unspecified atom stereocenters. The number of halogens is 1. The Morgan fingerprint density at radius 1 is 1.67 bits per heavy atom. The van der Waals surface area contributed by atoms with E-state index in [2.05, 4.69) is 44.5 Å². The molecular weight excluding hydrogens is 254 g/mol. The van der Waals surface area contributed by atoms with Crippen molar-refractivity contribution in [1.29, 1.82) is 0 Å². The van der Waals surface area contributed by atoms with E-state index in [0.717, 1.165) is 23.4 Å². The first-order valence-corrected chi connectivity index (χ1v) is 6.14. The van der Waals surface area contributed by atoms with E-state index < -0.39 is 0 Å². The van der Waals surface area contributed by atoms with Crippen molar-refractivity contribution >= 4 is 21.7 Å². The highest BCUT2D eigenvalue weighted by molar-refractivity contribution is 9.10. The Morgan fingerprint density at radius 3 is 3.20 bits per heavy atom. The molecule has 15 heavy (non-hydrogen) atoms. The van der Waals surface area contributed by atoms with Crippen LogP contribution in [0.1, 0.15) is 18.4 Å². The van der Waals surface area contributed by atoms with Gasteiger partial charge in [-0.1, -0.05) is 0 Å². The lowest BCUT2D eigenvalue weighted by atomic mass is 10.2. The van der Waals surface area contributed by atoms with E-state index in [1.165, 1.54) is 18.4 Å². The highest BCUT2D eigenvalue weighted by Gasteiger charge is 2.13. The van der Waals surface area contributed by atoms with Crippen molar-refractivity contribution in [2.45, 2.75) is 25.8 Å². The topological polar surface area (TPSA) is 37.0 Å². The maximum absolute atomic E-state index is 4.31. The number of nitrogens with zero attached hydrogens (tertiary/aromatic N) is 1. The van der Waals surface area contributed by atoms with Crippen molar-refractivity contribution in [2.24, 2.45) is 0 Å². The zero-order valence-corrected chi connectivity index (χ0v) is 10.5. The van der Waals surface area contributed by atoms with Gasteiger partial charge in [-0.3, -0.25) is 0 Å². The summed E-state index contributed by atoms with van der Waals surface area (Å²) < 4.78 is 1.06. The predicted molar refractivity (Wildman–Crippen MR) is 66.2 cm³/mol. The number of rotatable bonds is 3. The minimum Gasteiger partial charge on any atom is -0.369 e. The second kappa shape index (κ2) is 4.94. The first kappa shape index (κ1) is 10.9. The van der Waals surface area contributed by atoms with E-state index in [-0.39, 0.29) is 0 Å². The third kappa shape index (κ3) is 2.92. The normalized spacial score (nSPS) is 20.5. The van der Waals surface area contributed by atoms with E-state index in [1.54, 1.807) is 0 Å². The van der Waals surface area contributed by atoms with Crippen LogP contribution in [0, 0.1) is 6.92 Å². The SMILES string of the molecule is Cc1cc(NCC2CCCN2)ncc1Br. The molecule has 1 saturated heterocycles. The smallest absolute Gasteiger partial charge is 0.126 e. The average Bonchev–Trinajstić information content (AvgIpc) is 2.73. The summed E-state index contributed by atoms with van der Waals surface area (Å²) in [5.41, 5.74) is 1.21. The number of hydrogen-bond acceptors (Lipinski definition) is 3. The Balaban J connectivity index is 1.90. The zero-order valence-electron chi connectivity index (χ0n) is 8.89. The van der Waals surface area contributed by atoms with Crippen molar-refractivity contribution in [3.8, 4) is 0 Å². The molecule has 2 heterocycles. The highest BCUT2D eigenvalue weighted by Crippen LogP contribution is 2.17. The number of pyridine rings is 1. The molecule has 0 radical (unpaired) electrons. The van der Waals surface area contributed by atoms with Crippen LogP contribution in [0.5, 0.6) is 0 Å². The maximum Gasteiger partial charge on any atom is 0.126 e. The summed E-state index contributed by atoms with van der Waals surface area (Å²) in [5.74, 6) is 0.962. The molecule has 1 aliphatic heterocycles. The highest BCUT2D eigenvalue weighted by atomic mass is 79.9. The molecule has 1 aromatic rings. The minimum absolute atomic E-state index is 0.607. The van der Waals surface area contributed by atoms with Crippen LogP contribution in [0.3, 0.4) is 0 Å². The van der Waals surface area contributed by atoms with Crippen LogP contribution in [-0.2, 0) is 0 Å². The molecule has 1 aliphatic rings. The molecule has 0 aromatic carbocycles. The molecule has 1 fully saturated rings. The second-order valence-electron chi connectivity index (χ2n) is 3.99. The van der Waals surface area contributed by atoms with Crippen molar-refractivity contribution in [3.05, 3.63) is 22.3 Å². The van der Waals surface area contributed by atoms with Crippen molar-refractivity contribution in [1.82, 2.24) is 10.3 Å².